The molecule has 0 radical (unpaired) electrons. The molecule has 0 aromatic carbocycles. The molecule has 1 saturated heterocycles. The average Bonchev–Trinajstić information content (AvgIpc) is 2.48. The van der Waals surface area contributed by atoms with Crippen LogP contribution in [0.4, 0.5) is 5.82 Å². The van der Waals surface area contributed by atoms with E-state index in [0.717, 1.165) is 50.0 Å². The minimum Gasteiger partial charge on any atom is -0.355 e. The van der Waals surface area contributed by atoms with Gasteiger partial charge in [-0.3, -0.25) is 4.98 Å². The average molecular weight is 262 g/mol. The van der Waals surface area contributed by atoms with Crippen molar-refractivity contribution in [2.24, 2.45) is 5.92 Å². The van der Waals surface area contributed by atoms with E-state index >= 15 is 0 Å². The number of nitrogens with zero attached hydrogens (tertiary/aromatic N) is 3. The first-order chi connectivity index (χ1) is 9.33. The second-order valence-electron chi connectivity index (χ2n) is 5.38. The molecule has 2 heterocycles. The van der Waals surface area contributed by atoms with Crippen molar-refractivity contribution in [3.05, 3.63) is 18.1 Å². The molecule has 1 fully saturated rings. The molecule has 1 aliphatic rings. The molecule has 4 heteroatoms. The van der Waals surface area contributed by atoms with Gasteiger partial charge in [-0.15, -0.1) is 0 Å². The maximum atomic E-state index is 4.56. The van der Waals surface area contributed by atoms with E-state index < -0.39 is 0 Å². The standard InChI is InChI=1S/C15H26N4/c1-3-7-16-10-14-11-18-15(12-17-14)19-8-5-13(4-2)6-9-19/h11-13,16H,3-10H2,1-2H3. The molecule has 0 atom stereocenters. The molecule has 0 bridgehead atoms. The van der Waals surface area contributed by atoms with Gasteiger partial charge in [0.15, 0.2) is 0 Å². The first kappa shape index (κ1) is 14.3. The lowest BCUT2D eigenvalue weighted by atomic mass is 9.94. The molecule has 1 N–H and O–H groups in total. The van der Waals surface area contributed by atoms with E-state index in [-0.39, 0.29) is 0 Å². The van der Waals surface area contributed by atoms with Crippen LogP contribution in [0.1, 0.15) is 45.2 Å². The Morgan fingerprint density at radius 1 is 1.21 bits per heavy atom. The van der Waals surface area contributed by atoms with Crippen LogP contribution in [0.25, 0.3) is 0 Å². The third-order valence-electron chi connectivity index (χ3n) is 3.94. The minimum absolute atomic E-state index is 0.818. The largest absolute Gasteiger partial charge is 0.355 e. The van der Waals surface area contributed by atoms with Gasteiger partial charge in [0.2, 0.25) is 0 Å². The summed E-state index contributed by atoms with van der Waals surface area (Å²) < 4.78 is 0. The second kappa shape index (κ2) is 7.43. The molecular weight excluding hydrogens is 236 g/mol. The van der Waals surface area contributed by atoms with Crippen LogP contribution in [0.15, 0.2) is 12.4 Å². The lowest BCUT2D eigenvalue weighted by Gasteiger charge is -2.32. The van der Waals surface area contributed by atoms with Gasteiger partial charge >= 0.3 is 0 Å². The summed E-state index contributed by atoms with van der Waals surface area (Å²) in [5.41, 5.74) is 1.03. The van der Waals surface area contributed by atoms with Gasteiger partial charge in [0, 0.05) is 19.6 Å². The van der Waals surface area contributed by atoms with E-state index in [9.17, 15) is 0 Å². The first-order valence-electron chi connectivity index (χ1n) is 7.60. The Hall–Kier alpha value is -1.16. The van der Waals surface area contributed by atoms with Crippen LogP contribution in [0.5, 0.6) is 0 Å². The number of hydrogen-bond donors (Lipinski definition) is 1. The molecule has 0 spiro atoms. The van der Waals surface area contributed by atoms with Gasteiger partial charge in [-0.1, -0.05) is 20.3 Å². The Labute approximate surface area is 116 Å². The molecule has 1 aromatic heterocycles. The number of hydrogen-bond acceptors (Lipinski definition) is 4. The Balaban J connectivity index is 1.84. The van der Waals surface area contributed by atoms with E-state index in [0.29, 0.717) is 0 Å². The fourth-order valence-corrected chi connectivity index (χ4v) is 2.57. The lowest BCUT2D eigenvalue weighted by molar-refractivity contribution is 0.393. The summed E-state index contributed by atoms with van der Waals surface area (Å²) in [6, 6.07) is 0. The van der Waals surface area contributed by atoms with Crippen LogP contribution >= 0.6 is 0 Å². The monoisotopic (exact) mass is 262 g/mol. The third-order valence-corrected chi connectivity index (χ3v) is 3.94. The van der Waals surface area contributed by atoms with Crippen LogP contribution in [0.2, 0.25) is 0 Å². The SMILES string of the molecule is CCCNCc1cnc(N2CCC(CC)CC2)cn1. The summed E-state index contributed by atoms with van der Waals surface area (Å²) in [7, 11) is 0. The number of piperidine rings is 1. The van der Waals surface area contributed by atoms with E-state index in [2.05, 4.69) is 34.0 Å². The van der Waals surface area contributed by atoms with Crippen molar-refractivity contribution in [3.8, 4) is 0 Å². The summed E-state index contributed by atoms with van der Waals surface area (Å²) in [6.07, 6.45) is 8.87. The van der Waals surface area contributed by atoms with Crippen molar-refractivity contribution in [3.63, 3.8) is 0 Å². The third kappa shape index (κ3) is 4.16. The Morgan fingerprint density at radius 2 is 2.00 bits per heavy atom. The summed E-state index contributed by atoms with van der Waals surface area (Å²) in [6.45, 7) is 8.56. The van der Waals surface area contributed by atoms with Crippen molar-refractivity contribution >= 4 is 5.82 Å². The summed E-state index contributed by atoms with van der Waals surface area (Å²) >= 11 is 0. The first-order valence-corrected chi connectivity index (χ1v) is 7.60. The zero-order valence-corrected chi connectivity index (χ0v) is 12.2. The maximum absolute atomic E-state index is 4.56. The molecule has 0 saturated carbocycles. The number of nitrogens with one attached hydrogen (secondary N) is 1. The zero-order valence-electron chi connectivity index (χ0n) is 12.2. The molecule has 0 unspecified atom stereocenters. The zero-order chi connectivity index (χ0) is 13.5. The van der Waals surface area contributed by atoms with Gasteiger partial charge in [-0.05, 0) is 31.7 Å². The normalized spacial score (nSPS) is 16.8. The highest BCUT2D eigenvalue weighted by molar-refractivity contribution is 5.36. The molecule has 0 aliphatic carbocycles. The molecule has 106 valence electrons. The lowest BCUT2D eigenvalue weighted by Crippen LogP contribution is -2.34. The number of rotatable bonds is 6. The number of anilines is 1. The highest BCUT2D eigenvalue weighted by Gasteiger charge is 2.18. The van der Waals surface area contributed by atoms with Crippen LogP contribution in [-0.4, -0.2) is 29.6 Å². The fourth-order valence-electron chi connectivity index (χ4n) is 2.57. The number of aromatic nitrogens is 2. The van der Waals surface area contributed by atoms with Crippen LogP contribution in [0, 0.1) is 5.92 Å². The van der Waals surface area contributed by atoms with Crippen molar-refractivity contribution in [2.45, 2.75) is 46.1 Å². The van der Waals surface area contributed by atoms with E-state index in [1.165, 1.54) is 19.3 Å². The van der Waals surface area contributed by atoms with Crippen molar-refractivity contribution in [1.29, 1.82) is 0 Å². The van der Waals surface area contributed by atoms with Gasteiger partial charge in [0.1, 0.15) is 5.82 Å². The molecule has 0 amide bonds. The van der Waals surface area contributed by atoms with Crippen molar-refractivity contribution < 1.29 is 0 Å². The highest BCUT2D eigenvalue weighted by Crippen LogP contribution is 2.23. The summed E-state index contributed by atoms with van der Waals surface area (Å²) in [5, 5.41) is 3.35. The Kier molecular flexibility index (Phi) is 5.58. The topological polar surface area (TPSA) is 41.1 Å². The Morgan fingerprint density at radius 3 is 2.58 bits per heavy atom. The molecule has 1 aliphatic heterocycles. The quantitative estimate of drug-likeness (QED) is 0.800. The smallest absolute Gasteiger partial charge is 0.147 e. The van der Waals surface area contributed by atoms with Crippen LogP contribution < -0.4 is 10.2 Å². The Bertz CT molecular complexity index is 355. The minimum atomic E-state index is 0.818. The molecule has 19 heavy (non-hydrogen) atoms. The summed E-state index contributed by atoms with van der Waals surface area (Å²) in [5.74, 6) is 1.94. The predicted molar refractivity (Wildman–Crippen MR) is 79.3 cm³/mol. The van der Waals surface area contributed by atoms with E-state index in [1.807, 2.05) is 12.4 Å². The van der Waals surface area contributed by atoms with Crippen molar-refractivity contribution in [2.75, 3.05) is 24.5 Å². The second-order valence-corrected chi connectivity index (χ2v) is 5.38. The molecule has 2 rings (SSSR count). The van der Waals surface area contributed by atoms with Gasteiger partial charge in [0.25, 0.3) is 0 Å². The molecular formula is C15H26N4. The van der Waals surface area contributed by atoms with Gasteiger partial charge in [0.05, 0.1) is 18.1 Å². The predicted octanol–water partition coefficient (Wildman–Crippen LogP) is 2.60. The van der Waals surface area contributed by atoms with Crippen LogP contribution in [0.3, 0.4) is 0 Å². The van der Waals surface area contributed by atoms with Gasteiger partial charge in [-0.25, -0.2) is 4.98 Å². The van der Waals surface area contributed by atoms with Crippen LogP contribution in [-0.2, 0) is 6.54 Å². The van der Waals surface area contributed by atoms with Crippen molar-refractivity contribution in [1.82, 2.24) is 15.3 Å². The van der Waals surface area contributed by atoms with E-state index in [4.69, 9.17) is 0 Å². The summed E-state index contributed by atoms with van der Waals surface area (Å²) in [4.78, 5) is 11.4. The van der Waals surface area contributed by atoms with E-state index in [1.54, 1.807) is 0 Å². The van der Waals surface area contributed by atoms with Gasteiger partial charge in [-0.2, -0.15) is 0 Å². The molecule has 1 aromatic rings. The van der Waals surface area contributed by atoms with Gasteiger partial charge < -0.3 is 10.2 Å². The fraction of sp³-hybridized carbons (Fsp3) is 0.733. The maximum Gasteiger partial charge on any atom is 0.147 e. The molecule has 4 nitrogen and oxygen atoms in total. The highest BCUT2D eigenvalue weighted by atomic mass is 15.2.